The zero-order valence-corrected chi connectivity index (χ0v) is 26.8. The van der Waals surface area contributed by atoms with Crippen molar-refractivity contribution in [3.8, 4) is 0 Å². The topological polar surface area (TPSA) is 61.7 Å². The standard InChI is InChI=1S/C37H38FN5O2S/c1-2-19-43(36(44)30-15-17-31(38)18-16-30)25-32-14-9-20-42(32)26-34-39-33(27-46-34)37(45)41-23-21-40(22-24-41)35(28-10-5-3-6-11-28)29-12-7-4-8-13-29/h3-18,20,27,35H,2,19,21-26H2,1H3. The third kappa shape index (κ3) is 7.27. The van der Waals surface area contributed by atoms with E-state index in [1.54, 1.807) is 4.90 Å². The molecule has 2 aromatic heterocycles. The highest BCUT2D eigenvalue weighted by atomic mass is 32.1. The quantitative estimate of drug-likeness (QED) is 0.162. The lowest BCUT2D eigenvalue weighted by Gasteiger charge is -2.39. The highest BCUT2D eigenvalue weighted by Gasteiger charge is 2.29. The first-order valence-corrected chi connectivity index (χ1v) is 16.6. The van der Waals surface area contributed by atoms with E-state index in [4.69, 9.17) is 4.98 Å². The summed E-state index contributed by atoms with van der Waals surface area (Å²) in [6.07, 6.45) is 2.78. The highest BCUT2D eigenvalue weighted by molar-refractivity contribution is 7.09. The molecule has 0 spiro atoms. The molecule has 0 aliphatic carbocycles. The van der Waals surface area contributed by atoms with Crippen LogP contribution in [0.4, 0.5) is 4.39 Å². The number of carbonyl (C=O) groups excluding carboxylic acids is 2. The van der Waals surface area contributed by atoms with Crippen LogP contribution in [-0.2, 0) is 13.1 Å². The van der Waals surface area contributed by atoms with Gasteiger partial charge in [-0.15, -0.1) is 11.3 Å². The van der Waals surface area contributed by atoms with Crippen molar-refractivity contribution in [2.45, 2.75) is 32.5 Å². The summed E-state index contributed by atoms with van der Waals surface area (Å²) in [6, 6.07) is 30.9. The van der Waals surface area contributed by atoms with E-state index in [0.717, 1.165) is 30.2 Å². The largest absolute Gasteiger partial charge is 0.343 e. The zero-order valence-electron chi connectivity index (χ0n) is 26.0. The number of nitrogens with zero attached hydrogens (tertiary/aromatic N) is 5. The molecular weight excluding hydrogens is 598 g/mol. The van der Waals surface area contributed by atoms with Gasteiger partial charge in [0.05, 0.1) is 19.1 Å². The molecule has 5 aromatic rings. The second kappa shape index (κ2) is 14.7. The van der Waals surface area contributed by atoms with Crippen molar-refractivity contribution in [3.63, 3.8) is 0 Å². The lowest BCUT2D eigenvalue weighted by molar-refractivity contribution is 0.0592. The Balaban J connectivity index is 1.09. The summed E-state index contributed by atoms with van der Waals surface area (Å²) in [5, 5.41) is 2.69. The second-order valence-electron chi connectivity index (χ2n) is 11.5. The fourth-order valence-electron chi connectivity index (χ4n) is 6.10. The SMILES string of the molecule is CCCN(Cc1cccn1Cc1nc(C(=O)N2CCN(C(c3ccccc3)c3ccccc3)CC2)cs1)C(=O)c1ccc(F)cc1. The summed E-state index contributed by atoms with van der Waals surface area (Å²) in [5.74, 6) is -0.531. The molecule has 1 saturated heterocycles. The molecular formula is C37H38FN5O2S. The van der Waals surface area contributed by atoms with Crippen LogP contribution in [0.2, 0.25) is 0 Å². The van der Waals surface area contributed by atoms with Gasteiger partial charge in [0.2, 0.25) is 0 Å². The third-order valence-electron chi connectivity index (χ3n) is 8.42. The number of thiazole rings is 1. The van der Waals surface area contributed by atoms with E-state index in [2.05, 4.69) is 58.0 Å². The molecule has 1 aliphatic heterocycles. The Hall–Kier alpha value is -4.60. The molecule has 236 valence electrons. The molecule has 1 fully saturated rings. The van der Waals surface area contributed by atoms with Gasteiger partial charge in [-0.25, -0.2) is 9.37 Å². The number of hydrogen-bond donors (Lipinski definition) is 0. The van der Waals surface area contributed by atoms with Crippen molar-refractivity contribution in [1.82, 2.24) is 24.3 Å². The molecule has 3 aromatic carbocycles. The summed E-state index contributed by atoms with van der Waals surface area (Å²) >= 11 is 1.48. The van der Waals surface area contributed by atoms with Crippen LogP contribution < -0.4 is 0 Å². The van der Waals surface area contributed by atoms with Gasteiger partial charge in [0, 0.05) is 55.6 Å². The Morgan fingerprint density at radius 1 is 0.870 bits per heavy atom. The molecule has 6 rings (SSSR count). The van der Waals surface area contributed by atoms with Gasteiger partial charge >= 0.3 is 0 Å². The van der Waals surface area contributed by atoms with Gasteiger partial charge < -0.3 is 14.4 Å². The summed E-state index contributed by atoms with van der Waals surface area (Å²) in [6.45, 7) is 6.37. The van der Waals surface area contributed by atoms with Crippen molar-refractivity contribution < 1.29 is 14.0 Å². The van der Waals surface area contributed by atoms with Crippen molar-refractivity contribution in [2.24, 2.45) is 0 Å². The van der Waals surface area contributed by atoms with Crippen molar-refractivity contribution in [1.29, 1.82) is 0 Å². The lowest BCUT2D eigenvalue weighted by atomic mass is 9.96. The summed E-state index contributed by atoms with van der Waals surface area (Å²) in [4.78, 5) is 37.6. The molecule has 2 amide bonds. The van der Waals surface area contributed by atoms with Crippen LogP contribution in [0.3, 0.4) is 0 Å². The van der Waals surface area contributed by atoms with E-state index in [9.17, 15) is 14.0 Å². The van der Waals surface area contributed by atoms with Crippen LogP contribution in [0.1, 0.15) is 62.1 Å². The van der Waals surface area contributed by atoms with Gasteiger partial charge in [-0.3, -0.25) is 14.5 Å². The van der Waals surface area contributed by atoms with E-state index in [0.29, 0.717) is 44.0 Å². The number of carbonyl (C=O) groups is 2. The van der Waals surface area contributed by atoms with E-state index in [-0.39, 0.29) is 23.7 Å². The minimum absolute atomic E-state index is 0.0372. The summed E-state index contributed by atoms with van der Waals surface area (Å²) in [5.41, 5.74) is 4.41. The first kappa shape index (κ1) is 31.4. The van der Waals surface area contributed by atoms with Gasteiger partial charge in [-0.1, -0.05) is 67.6 Å². The lowest BCUT2D eigenvalue weighted by Crippen LogP contribution is -2.50. The highest BCUT2D eigenvalue weighted by Crippen LogP contribution is 2.30. The maximum absolute atomic E-state index is 13.5. The van der Waals surface area contributed by atoms with Crippen LogP contribution >= 0.6 is 11.3 Å². The van der Waals surface area contributed by atoms with E-state index in [1.807, 2.05) is 47.7 Å². The monoisotopic (exact) mass is 635 g/mol. The molecule has 7 nitrogen and oxygen atoms in total. The van der Waals surface area contributed by atoms with Gasteiger partial charge in [-0.05, 0) is 53.9 Å². The van der Waals surface area contributed by atoms with Crippen LogP contribution in [0, 0.1) is 5.82 Å². The van der Waals surface area contributed by atoms with E-state index in [1.165, 1.54) is 46.7 Å². The van der Waals surface area contributed by atoms with Gasteiger partial charge in [0.25, 0.3) is 11.8 Å². The van der Waals surface area contributed by atoms with Gasteiger partial charge in [-0.2, -0.15) is 0 Å². The van der Waals surface area contributed by atoms with Crippen LogP contribution in [-0.4, -0.2) is 68.8 Å². The normalized spacial score (nSPS) is 13.7. The van der Waals surface area contributed by atoms with Gasteiger partial charge in [0.1, 0.15) is 16.5 Å². The van der Waals surface area contributed by atoms with Crippen LogP contribution in [0.25, 0.3) is 0 Å². The first-order valence-electron chi connectivity index (χ1n) is 15.8. The number of hydrogen-bond acceptors (Lipinski definition) is 5. The van der Waals surface area contributed by atoms with Crippen molar-refractivity contribution >= 4 is 23.2 Å². The average molecular weight is 636 g/mol. The van der Waals surface area contributed by atoms with Crippen LogP contribution in [0.5, 0.6) is 0 Å². The number of aromatic nitrogens is 2. The summed E-state index contributed by atoms with van der Waals surface area (Å²) in [7, 11) is 0. The molecule has 0 radical (unpaired) electrons. The van der Waals surface area contributed by atoms with Gasteiger partial charge in [0.15, 0.2) is 0 Å². The number of amides is 2. The zero-order chi connectivity index (χ0) is 31.9. The number of piperazine rings is 1. The Labute approximate surface area is 273 Å². The molecule has 1 aliphatic rings. The molecule has 0 N–H and O–H groups in total. The fourth-order valence-corrected chi connectivity index (χ4v) is 6.86. The Kier molecular flexibility index (Phi) is 10.0. The molecule has 0 bridgehead atoms. The number of halogens is 1. The Bertz CT molecular complexity index is 1690. The number of rotatable bonds is 11. The predicted octanol–water partition coefficient (Wildman–Crippen LogP) is 6.73. The Morgan fingerprint density at radius 2 is 1.52 bits per heavy atom. The minimum Gasteiger partial charge on any atom is -0.343 e. The van der Waals surface area contributed by atoms with E-state index < -0.39 is 0 Å². The minimum atomic E-state index is -0.365. The van der Waals surface area contributed by atoms with Crippen LogP contribution in [0.15, 0.2) is 109 Å². The van der Waals surface area contributed by atoms with Crippen molar-refractivity contribution in [3.05, 3.63) is 148 Å². The smallest absolute Gasteiger partial charge is 0.273 e. The summed E-state index contributed by atoms with van der Waals surface area (Å²) < 4.78 is 15.5. The third-order valence-corrected chi connectivity index (χ3v) is 9.26. The molecule has 9 heteroatoms. The molecule has 46 heavy (non-hydrogen) atoms. The molecule has 3 heterocycles. The molecule has 0 unspecified atom stereocenters. The Morgan fingerprint density at radius 3 is 2.15 bits per heavy atom. The average Bonchev–Trinajstić information content (AvgIpc) is 3.75. The molecule has 0 saturated carbocycles. The maximum Gasteiger partial charge on any atom is 0.273 e. The fraction of sp³-hybridized carbons (Fsp3) is 0.270. The number of benzene rings is 3. The van der Waals surface area contributed by atoms with E-state index >= 15 is 0 Å². The predicted molar refractivity (Wildman–Crippen MR) is 179 cm³/mol. The maximum atomic E-state index is 13.5. The second-order valence-corrected chi connectivity index (χ2v) is 12.5. The molecule has 0 atom stereocenters. The van der Waals surface area contributed by atoms with Crippen molar-refractivity contribution in [2.75, 3.05) is 32.7 Å². The first-order chi connectivity index (χ1) is 22.5.